The first-order chi connectivity index (χ1) is 16.8. The molecule has 1 aliphatic heterocycles. The van der Waals surface area contributed by atoms with Gasteiger partial charge < -0.3 is 20.5 Å². The van der Waals surface area contributed by atoms with Crippen molar-refractivity contribution in [2.45, 2.75) is 12.6 Å². The second-order valence-electron chi connectivity index (χ2n) is 7.63. The van der Waals surface area contributed by atoms with E-state index in [1.807, 2.05) is 0 Å². The number of aromatic nitrogens is 3. The molecule has 3 heterocycles. The number of nitrogens with zero attached hydrogens (tertiary/aromatic N) is 3. The smallest absolute Gasteiger partial charge is 0.287 e. The standard InChI is InChI=1S/C22H15ClF2N6O3S/c1-26-22(34)20-28-19(29-21(33)17-11-4-2-10(25)7-14(11)35-30-17)18-16(27-15(32)8-31(18)20)12-6-9(24)3-5-13(12)23/h2-7,16H,8H2,1H3,(H,26,34)(H,27,32)(H,29,33)/t16-/m0/s1. The van der Waals surface area contributed by atoms with Gasteiger partial charge in [-0.05, 0) is 47.9 Å². The molecule has 0 aliphatic carbocycles. The van der Waals surface area contributed by atoms with Gasteiger partial charge in [0.1, 0.15) is 23.9 Å². The number of imidazole rings is 1. The third-order valence-electron chi connectivity index (χ3n) is 5.47. The minimum Gasteiger partial charge on any atom is -0.352 e. The minimum absolute atomic E-state index is 0.0356. The highest BCUT2D eigenvalue weighted by Gasteiger charge is 2.36. The number of hydrogen-bond acceptors (Lipinski definition) is 6. The quantitative estimate of drug-likeness (QED) is 0.385. The van der Waals surface area contributed by atoms with Gasteiger partial charge in [-0.3, -0.25) is 14.4 Å². The zero-order valence-electron chi connectivity index (χ0n) is 17.9. The highest BCUT2D eigenvalue weighted by molar-refractivity contribution is 7.13. The van der Waals surface area contributed by atoms with E-state index in [2.05, 4.69) is 25.3 Å². The number of halogens is 3. The first kappa shape index (κ1) is 22.9. The molecule has 0 spiro atoms. The first-order valence-electron chi connectivity index (χ1n) is 10.2. The van der Waals surface area contributed by atoms with Gasteiger partial charge in [-0.2, -0.15) is 4.37 Å². The molecule has 3 amide bonds. The molecule has 4 aromatic rings. The molecule has 13 heteroatoms. The minimum atomic E-state index is -1.01. The number of fused-ring (bicyclic) bond motifs is 2. The third-order valence-corrected chi connectivity index (χ3v) is 6.62. The van der Waals surface area contributed by atoms with E-state index in [4.69, 9.17) is 11.6 Å². The summed E-state index contributed by atoms with van der Waals surface area (Å²) in [5, 5.41) is 8.41. The molecule has 2 aromatic carbocycles. The van der Waals surface area contributed by atoms with Crippen molar-refractivity contribution in [3.05, 3.63) is 75.8 Å². The Morgan fingerprint density at radius 3 is 2.69 bits per heavy atom. The number of nitrogens with one attached hydrogen (secondary N) is 3. The van der Waals surface area contributed by atoms with Crippen molar-refractivity contribution in [2.24, 2.45) is 0 Å². The largest absolute Gasteiger partial charge is 0.352 e. The average molecular weight is 517 g/mol. The Hall–Kier alpha value is -3.90. The predicted molar refractivity (Wildman–Crippen MR) is 125 cm³/mol. The fourth-order valence-electron chi connectivity index (χ4n) is 3.92. The maximum Gasteiger partial charge on any atom is 0.287 e. The van der Waals surface area contributed by atoms with E-state index < -0.39 is 35.4 Å². The van der Waals surface area contributed by atoms with Gasteiger partial charge in [0, 0.05) is 23.0 Å². The Kier molecular flexibility index (Phi) is 5.69. The Morgan fingerprint density at radius 2 is 1.91 bits per heavy atom. The number of amides is 3. The molecule has 0 saturated carbocycles. The molecule has 1 atom stereocenters. The molecule has 0 bridgehead atoms. The summed E-state index contributed by atoms with van der Waals surface area (Å²) in [7, 11) is 1.40. The lowest BCUT2D eigenvalue weighted by Crippen LogP contribution is -2.41. The van der Waals surface area contributed by atoms with Crippen LogP contribution >= 0.6 is 23.1 Å². The molecule has 1 aliphatic rings. The lowest BCUT2D eigenvalue weighted by Gasteiger charge is -2.28. The van der Waals surface area contributed by atoms with Crippen molar-refractivity contribution in [2.75, 3.05) is 12.4 Å². The fraction of sp³-hybridized carbons (Fsp3) is 0.136. The van der Waals surface area contributed by atoms with Crippen LogP contribution in [-0.2, 0) is 11.3 Å². The van der Waals surface area contributed by atoms with E-state index in [-0.39, 0.29) is 40.2 Å². The van der Waals surface area contributed by atoms with Crippen LogP contribution in [0.1, 0.15) is 38.4 Å². The van der Waals surface area contributed by atoms with Crippen molar-refractivity contribution in [3.63, 3.8) is 0 Å². The summed E-state index contributed by atoms with van der Waals surface area (Å²) in [5.74, 6) is -2.94. The average Bonchev–Trinajstić information content (AvgIpc) is 3.40. The van der Waals surface area contributed by atoms with Crippen LogP contribution in [-0.4, -0.2) is 38.7 Å². The van der Waals surface area contributed by atoms with E-state index in [0.717, 1.165) is 17.6 Å². The summed E-state index contributed by atoms with van der Waals surface area (Å²) in [4.78, 5) is 42.5. The zero-order chi connectivity index (χ0) is 24.9. The Balaban J connectivity index is 1.63. The SMILES string of the molecule is CNC(=O)c1nc(NC(=O)c2nsc3cc(F)ccc23)c2n1CC(=O)N[C@H]2c1cc(F)ccc1Cl. The second kappa shape index (κ2) is 8.71. The summed E-state index contributed by atoms with van der Waals surface area (Å²) >= 11 is 7.26. The molecule has 3 N–H and O–H groups in total. The van der Waals surface area contributed by atoms with Crippen LogP contribution in [0, 0.1) is 11.6 Å². The van der Waals surface area contributed by atoms with Gasteiger partial charge in [-0.15, -0.1) is 0 Å². The normalized spacial score (nSPS) is 15.0. The lowest BCUT2D eigenvalue weighted by atomic mass is 10.0. The highest BCUT2D eigenvalue weighted by atomic mass is 35.5. The van der Waals surface area contributed by atoms with Crippen molar-refractivity contribution < 1.29 is 23.2 Å². The van der Waals surface area contributed by atoms with Gasteiger partial charge in [-0.1, -0.05) is 11.6 Å². The van der Waals surface area contributed by atoms with E-state index in [1.165, 1.54) is 41.9 Å². The van der Waals surface area contributed by atoms with Crippen molar-refractivity contribution in [1.29, 1.82) is 0 Å². The molecule has 0 fully saturated rings. The predicted octanol–water partition coefficient (Wildman–Crippen LogP) is 3.26. The van der Waals surface area contributed by atoms with Crippen molar-refractivity contribution >= 4 is 56.8 Å². The van der Waals surface area contributed by atoms with Crippen LogP contribution in [0.3, 0.4) is 0 Å². The van der Waals surface area contributed by atoms with E-state index in [0.29, 0.717) is 10.1 Å². The number of rotatable bonds is 4. The molecule has 9 nitrogen and oxygen atoms in total. The summed E-state index contributed by atoms with van der Waals surface area (Å²) in [6.07, 6.45) is 0. The number of benzene rings is 2. The van der Waals surface area contributed by atoms with Crippen LogP contribution in [0.2, 0.25) is 5.02 Å². The van der Waals surface area contributed by atoms with Crippen LogP contribution < -0.4 is 16.0 Å². The fourth-order valence-corrected chi connectivity index (χ4v) is 4.94. The molecule has 2 aromatic heterocycles. The number of hydrogen-bond donors (Lipinski definition) is 3. The van der Waals surface area contributed by atoms with Crippen LogP contribution in [0.4, 0.5) is 14.6 Å². The Labute approximate surface area is 205 Å². The molecule has 0 unspecified atom stereocenters. The molecule has 35 heavy (non-hydrogen) atoms. The molecule has 0 radical (unpaired) electrons. The molecule has 178 valence electrons. The number of anilines is 1. The second-order valence-corrected chi connectivity index (χ2v) is 8.84. The molecular weight excluding hydrogens is 502 g/mol. The van der Waals surface area contributed by atoms with Gasteiger partial charge in [-0.25, -0.2) is 13.8 Å². The maximum atomic E-state index is 14.1. The third kappa shape index (κ3) is 4.00. The lowest BCUT2D eigenvalue weighted by molar-refractivity contribution is -0.123. The Morgan fingerprint density at radius 1 is 1.17 bits per heavy atom. The molecular formula is C22H15ClF2N6O3S. The first-order valence-corrected chi connectivity index (χ1v) is 11.3. The number of carbonyl (C=O) groups is 3. The van der Waals surface area contributed by atoms with Crippen molar-refractivity contribution in [1.82, 2.24) is 24.6 Å². The zero-order valence-corrected chi connectivity index (χ0v) is 19.4. The van der Waals surface area contributed by atoms with Gasteiger partial charge in [0.2, 0.25) is 11.7 Å². The van der Waals surface area contributed by atoms with Gasteiger partial charge >= 0.3 is 0 Å². The van der Waals surface area contributed by atoms with Gasteiger partial charge in [0.25, 0.3) is 11.8 Å². The van der Waals surface area contributed by atoms with Crippen LogP contribution in [0.25, 0.3) is 10.1 Å². The van der Waals surface area contributed by atoms with Crippen LogP contribution in [0.15, 0.2) is 36.4 Å². The van der Waals surface area contributed by atoms with Gasteiger partial charge in [0.05, 0.1) is 16.4 Å². The van der Waals surface area contributed by atoms with Crippen LogP contribution in [0.5, 0.6) is 0 Å². The summed E-state index contributed by atoms with van der Waals surface area (Å²) < 4.78 is 33.6. The summed E-state index contributed by atoms with van der Waals surface area (Å²) in [6, 6.07) is 6.58. The maximum absolute atomic E-state index is 14.1. The summed E-state index contributed by atoms with van der Waals surface area (Å²) in [5.41, 5.74) is 0.484. The molecule has 0 saturated heterocycles. The van der Waals surface area contributed by atoms with E-state index >= 15 is 0 Å². The monoisotopic (exact) mass is 516 g/mol. The topological polar surface area (TPSA) is 118 Å². The van der Waals surface area contributed by atoms with E-state index in [1.54, 1.807) is 0 Å². The highest BCUT2D eigenvalue weighted by Crippen LogP contribution is 2.36. The Bertz CT molecular complexity index is 1540. The van der Waals surface area contributed by atoms with Crippen molar-refractivity contribution in [3.8, 4) is 0 Å². The van der Waals surface area contributed by atoms with E-state index in [9.17, 15) is 23.2 Å². The van der Waals surface area contributed by atoms with Gasteiger partial charge in [0.15, 0.2) is 5.82 Å². The molecule has 5 rings (SSSR count). The number of carbonyl (C=O) groups excluding carboxylic acids is 3. The summed E-state index contributed by atoms with van der Waals surface area (Å²) in [6.45, 7) is -0.261.